The quantitative estimate of drug-likeness (QED) is 0.710. The van der Waals surface area contributed by atoms with Gasteiger partial charge in [-0.25, -0.2) is 9.18 Å². The summed E-state index contributed by atoms with van der Waals surface area (Å²) in [5.74, 6) is -0.343. The summed E-state index contributed by atoms with van der Waals surface area (Å²) >= 11 is 0. The second kappa shape index (κ2) is 4.75. The first kappa shape index (κ1) is 11.5. The van der Waals surface area contributed by atoms with Crippen molar-refractivity contribution in [2.75, 3.05) is 0 Å². The van der Waals surface area contributed by atoms with Gasteiger partial charge in [0.2, 0.25) is 0 Å². The molecule has 5 heteroatoms. The van der Waals surface area contributed by atoms with Crippen LogP contribution in [0.4, 0.5) is 9.18 Å². The first-order chi connectivity index (χ1) is 7.00. The molecule has 1 amide bonds. The zero-order valence-corrected chi connectivity index (χ0v) is 8.27. The van der Waals surface area contributed by atoms with Crippen LogP contribution in [0.5, 0.6) is 0 Å². The summed E-state index contributed by atoms with van der Waals surface area (Å²) in [7, 11) is 0. The van der Waals surface area contributed by atoms with Gasteiger partial charge >= 0.3 is 6.09 Å². The topological polar surface area (TPSA) is 75.3 Å². The van der Waals surface area contributed by atoms with E-state index >= 15 is 0 Å². The fourth-order valence-electron chi connectivity index (χ4n) is 1.26. The molecule has 0 aliphatic rings. The highest BCUT2D eigenvalue weighted by molar-refractivity contribution is 5.64. The molecule has 15 heavy (non-hydrogen) atoms. The van der Waals surface area contributed by atoms with Gasteiger partial charge in [0.25, 0.3) is 0 Å². The molecular formula is C10H13FN2O2. The van der Waals surface area contributed by atoms with Crippen LogP contribution < -0.4 is 11.1 Å². The summed E-state index contributed by atoms with van der Waals surface area (Å²) in [6.07, 6.45) is -1.12. The summed E-state index contributed by atoms with van der Waals surface area (Å²) in [4.78, 5) is 10.4. The standard InChI is InChI=1S/C10H13FN2O2/c1-6(13-10(14)15)9(12)7-2-4-8(11)5-3-7/h2-6,9,13H,12H2,1H3,(H,14,15)/t6-,9-/m0/s1. The second-order valence-electron chi connectivity index (χ2n) is 3.32. The number of nitrogens with one attached hydrogen (secondary N) is 1. The molecule has 1 aromatic rings. The normalized spacial score (nSPS) is 14.3. The Morgan fingerprint density at radius 1 is 1.47 bits per heavy atom. The lowest BCUT2D eigenvalue weighted by Gasteiger charge is -2.19. The van der Waals surface area contributed by atoms with Crippen molar-refractivity contribution in [3.05, 3.63) is 35.6 Å². The molecule has 0 saturated carbocycles. The summed E-state index contributed by atoms with van der Waals surface area (Å²) in [6.45, 7) is 1.65. The van der Waals surface area contributed by atoms with E-state index in [9.17, 15) is 9.18 Å². The highest BCUT2D eigenvalue weighted by atomic mass is 19.1. The molecule has 0 unspecified atom stereocenters. The van der Waals surface area contributed by atoms with Crippen molar-refractivity contribution in [2.24, 2.45) is 5.73 Å². The maximum absolute atomic E-state index is 12.6. The number of hydrogen-bond donors (Lipinski definition) is 3. The van der Waals surface area contributed by atoms with Gasteiger partial charge in [0, 0.05) is 12.1 Å². The molecule has 0 aliphatic carbocycles. The Hall–Kier alpha value is -1.62. The molecule has 0 aromatic heterocycles. The Bertz CT molecular complexity index is 340. The molecule has 0 bridgehead atoms. The van der Waals surface area contributed by atoms with E-state index in [1.807, 2.05) is 0 Å². The summed E-state index contributed by atoms with van der Waals surface area (Å²) in [6, 6.07) is 4.76. The Labute approximate surface area is 86.9 Å². The predicted molar refractivity (Wildman–Crippen MR) is 54.0 cm³/mol. The van der Waals surface area contributed by atoms with Crippen LogP contribution in [0, 0.1) is 5.82 Å². The van der Waals surface area contributed by atoms with Gasteiger partial charge in [-0.2, -0.15) is 0 Å². The van der Waals surface area contributed by atoms with Gasteiger partial charge in [0.05, 0.1) is 0 Å². The molecule has 0 aliphatic heterocycles. The van der Waals surface area contributed by atoms with Gasteiger partial charge in [-0.1, -0.05) is 12.1 Å². The maximum Gasteiger partial charge on any atom is 0.404 e. The molecule has 0 saturated heterocycles. The number of benzene rings is 1. The Kier molecular flexibility index (Phi) is 3.62. The minimum absolute atomic E-state index is 0.343. The number of amides is 1. The van der Waals surface area contributed by atoms with Crippen molar-refractivity contribution >= 4 is 6.09 Å². The smallest absolute Gasteiger partial charge is 0.404 e. The van der Waals surface area contributed by atoms with Crippen LogP contribution in [0.15, 0.2) is 24.3 Å². The molecule has 0 spiro atoms. The molecule has 0 heterocycles. The van der Waals surface area contributed by atoms with Crippen LogP contribution in [0.1, 0.15) is 18.5 Å². The fourth-order valence-corrected chi connectivity index (χ4v) is 1.26. The Morgan fingerprint density at radius 2 is 2.00 bits per heavy atom. The molecule has 4 nitrogen and oxygen atoms in total. The number of halogens is 1. The maximum atomic E-state index is 12.6. The first-order valence-electron chi connectivity index (χ1n) is 4.51. The lowest BCUT2D eigenvalue weighted by atomic mass is 10.0. The van der Waals surface area contributed by atoms with E-state index in [0.717, 1.165) is 0 Å². The van der Waals surface area contributed by atoms with Crippen molar-refractivity contribution in [1.82, 2.24) is 5.32 Å². The van der Waals surface area contributed by atoms with E-state index in [-0.39, 0.29) is 5.82 Å². The Balaban J connectivity index is 2.71. The van der Waals surface area contributed by atoms with Gasteiger partial charge in [0.1, 0.15) is 5.82 Å². The molecule has 4 N–H and O–H groups in total. The number of nitrogens with two attached hydrogens (primary N) is 1. The largest absolute Gasteiger partial charge is 0.465 e. The fraction of sp³-hybridized carbons (Fsp3) is 0.300. The van der Waals surface area contributed by atoms with Gasteiger partial charge < -0.3 is 16.2 Å². The molecular weight excluding hydrogens is 199 g/mol. The van der Waals surface area contributed by atoms with Crippen LogP contribution in [0.3, 0.4) is 0 Å². The van der Waals surface area contributed by atoms with Gasteiger partial charge in [0.15, 0.2) is 0 Å². The zero-order valence-electron chi connectivity index (χ0n) is 8.27. The molecule has 1 rings (SSSR count). The average molecular weight is 212 g/mol. The third kappa shape index (κ3) is 3.21. The minimum Gasteiger partial charge on any atom is -0.465 e. The summed E-state index contributed by atoms with van der Waals surface area (Å²) < 4.78 is 12.6. The van der Waals surface area contributed by atoms with Crippen molar-refractivity contribution in [2.45, 2.75) is 19.0 Å². The lowest BCUT2D eigenvalue weighted by Crippen LogP contribution is -2.39. The highest BCUT2D eigenvalue weighted by Gasteiger charge is 2.16. The monoisotopic (exact) mass is 212 g/mol. The third-order valence-corrected chi connectivity index (χ3v) is 2.14. The van der Waals surface area contributed by atoms with E-state index in [4.69, 9.17) is 10.8 Å². The van der Waals surface area contributed by atoms with E-state index in [1.165, 1.54) is 12.1 Å². The van der Waals surface area contributed by atoms with Crippen molar-refractivity contribution in [3.8, 4) is 0 Å². The van der Waals surface area contributed by atoms with Crippen LogP contribution in [-0.2, 0) is 0 Å². The number of carbonyl (C=O) groups is 1. The van der Waals surface area contributed by atoms with Crippen molar-refractivity contribution < 1.29 is 14.3 Å². The van der Waals surface area contributed by atoms with E-state index in [0.29, 0.717) is 5.56 Å². The molecule has 82 valence electrons. The first-order valence-corrected chi connectivity index (χ1v) is 4.51. The molecule has 0 fully saturated rings. The molecule has 2 atom stereocenters. The summed E-state index contributed by atoms with van der Waals surface area (Å²) in [5, 5.41) is 10.8. The minimum atomic E-state index is -1.12. The highest BCUT2D eigenvalue weighted by Crippen LogP contribution is 2.14. The van der Waals surface area contributed by atoms with Crippen molar-refractivity contribution in [1.29, 1.82) is 0 Å². The SMILES string of the molecule is C[C@H](NC(=O)O)[C@H](N)c1ccc(F)cc1. The predicted octanol–water partition coefficient (Wildman–Crippen LogP) is 1.48. The van der Waals surface area contributed by atoms with E-state index < -0.39 is 18.2 Å². The van der Waals surface area contributed by atoms with E-state index in [2.05, 4.69) is 5.32 Å². The van der Waals surface area contributed by atoms with Gasteiger partial charge in [-0.3, -0.25) is 0 Å². The number of rotatable bonds is 3. The zero-order chi connectivity index (χ0) is 11.4. The lowest BCUT2D eigenvalue weighted by molar-refractivity contribution is 0.189. The van der Waals surface area contributed by atoms with Crippen LogP contribution >= 0.6 is 0 Å². The summed E-state index contributed by atoms with van der Waals surface area (Å²) in [5.41, 5.74) is 6.48. The van der Waals surface area contributed by atoms with Crippen LogP contribution in [0.2, 0.25) is 0 Å². The number of hydrogen-bond acceptors (Lipinski definition) is 2. The third-order valence-electron chi connectivity index (χ3n) is 2.14. The van der Waals surface area contributed by atoms with E-state index in [1.54, 1.807) is 19.1 Å². The molecule has 0 radical (unpaired) electrons. The van der Waals surface area contributed by atoms with Gasteiger partial charge in [-0.05, 0) is 24.6 Å². The van der Waals surface area contributed by atoms with Crippen molar-refractivity contribution in [3.63, 3.8) is 0 Å². The van der Waals surface area contributed by atoms with Gasteiger partial charge in [-0.15, -0.1) is 0 Å². The number of carboxylic acid groups (broad SMARTS) is 1. The Morgan fingerprint density at radius 3 is 2.47 bits per heavy atom. The second-order valence-corrected chi connectivity index (χ2v) is 3.32. The molecule has 1 aromatic carbocycles. The van der Waals surface area contributed by atoms with Crippen LogP contribution in [0.25, 0.3) is 0 Å². The average Bonchev–Trinajstić information content (AvgIpc) is 2.17. The van der Waals surface area contributed by atoms with Crippen LogP contribution in [-0.4, -0.2) is 17.2 Å².